The van der Waals surface area contributed by atoms with E-state index in [9.17, 15) is 13.6 Å². The van der Waals surface area contributed by atoms with E-state index in [1.807, 2.05) is 0 Å². The van der Waals surface area contributed by atoms with Crippen LogP contribution in [-0.2, 0) is 0 Å². The maximum atomic E-state index is 14.2. The highest BCUT2D eigenvalue weighted by Gasteiger charge is 2.23. The van der Waals surface area contributed by atoms with Gasteiger partial charge in [0.15, 0.2) is 11.6 Å². The molecule has 0 unspecified atom stereocenters. The Morgan fingerprint density at radius 2 is 1.92 bits per heavy atom. The molecular weight excluding hydrogens is 340 g/mol. The molecule has 0 bridgehead atoms. The van der Waals surface area contributed by atoms with Crippen LogP contribution >= 0.6 is 11.6 Å². The molecule has 0 amide bonds. The minimum absolute atomic E-state index is 0.106. The zero-order valence-electron chi connectivity index (χ0n) is 11.8. The van der Waals surface area contributed by atoms with Crippen molar-refractivity contribution in [2.45, 2.75) is 0 Å². The number of pyridine rings is 1. The summed E-state index contributed by atoms with van der Waals surface area (Å²) in [6.07, 6.45) is 4.22. The number of nitrogens with one attached hydrogen (secondary N) is 2. The molecule has 6 nitrogen and oxygen atoms in total. The van der Waals surface area contributed by atoms with Crippen LogP contribution in [0.15, 0.2) is 41.6 Å². The molecule has 24 heavy (non-hydrogen) atoms. The largest absolute Gasteiger partial charge is 0.327 e. The molecule has 3 aromatic heterocycles. The first-order chi connectivity index (χ1) is 11.6. The molecule has 0 spiro atoms. The van der Waals surface area contributed by atoms with Crippen LogP contribution in [0, 0.1) is 11.6 Å². The summed E-state index contributed by atoms with van der Waals surface area (Å²) in [5, 5.41) is 10.9. The van der Waals surface area contributed by atoms with E-state index in [0.29, 0.717) is 5.56 Å². The number of hydrogen-bond acceptors (Lipinski definition) is 3. The normalized spacial score (nSPS) is 11.3. The number of rotatable bonds is 2. The first-order valence-corrected chi connectivity index (χ1v) is 7.19. The molecule has 0 saturated carbocycles. The van der Waals surface area contributed by atoms with Crippen LogP contribution in [0.2, 0.25) is 5.02 Å². The van der Waals surface area contributed by atoms with E-state index < -0.39 is 22.9 Å². The third-order valence-electron chi connectivity index (χ3n) is 3.59. The third kappa shape index (κ3) is 2.04. The van der Waals surface area contributed by atoms with Crippen LogP contribution in [0.25, 0.3) is 27.8 Å². The van der Waals surface area contributed by atoms with Crippen molar-refractivity contribution in [3.8, 4) is 16.9 Å². The number of benzene rings is 1. The van der Waals surface area contributed by atoms with Crippen LogP contribution in [0.1, 0.15) is 0 Å². The maximum absolute atomic E-state index is 14.2. The zero-order valence-corrected chi connectivity index (χ0v) is 12.6. The number of halogens is 3. The predicted molar refractivity (Wildman–Crippen MR) is 84.2 cm³/mol. The average Bonchev–Trinajstić information content (AvgIpc) is 3.19. The van der Waals surface area contributed by atoms with Gasteiger partial charge in [-0.1, -0.05) is 17.7 Å². The van der Waals surface area contributed by atoms with Gasteiger partial charge < -0.3 is 4.98 Å². The van der Waals surface area contributed by atoms with E-state index in [0.717, 1.165) is 16.8 Å². The van der Waals surface area contributed by atoms with E-state index in [-0.39, 0.29) is 21.6 Å². The average molecular weight is 348 g/mol. The molecule has 4 aromatic rings. The van der Waals surface area contributed by atoms with Gasteiger partial charge in [0.2, 0.25) is 0 Å². The zero-order chi connectivity index (χ0) is 16.8. The molecule has 120 valence electrons. The summed E-state index contributed by atoms with van der Waals surface area (Å²) in [5.41, 5.74) is -0.0765. The molecule has 1 aromatic carbocycles. The Morgan fingerprint density at radius 3 is 2.58 bits per heavy atom. The summed E-state index contributed by atoms with van der Waals surface area (Å²) in [7, 11) is 0. The lowest BCUT2D eigenvalue weighted by Crippen LogP contribution is -2.07. The van der Waals surface area contributed by atoms with Crippen molar-refractivity contribution in [1.29, 1.82) is 0 Å². The van der Waals surface area contributed by atoms with Crippen LogP contribution in [0.5, 0.6) is 0 Å². The van der Waals surface area contributed by atoms with Gasteiger partial charge >= 0.3 is 0 Å². The summed E-state index contributed by atoms with van der Waals surface area (Å²) in [6.45, 7) is 0. The molecule has 0 aliphatic carbocycles. The van der Waals surface area contributed by atoms with Crippen molar-refractivity contribution in [3.05, 3.63) is 63.8 Å². The molecule has 3 heterocycles. The lowest BCUT2D eigenvalue weighted by Gasteiger charge is -2.06. The van der Waals surface area contributed by atoms with E-state index in [1.165, 1.54) is 24.7 Å². The number of para-hydroxylation sites is 1. The molecule has 0 radical (unpaired) electrons. The van der Waals surface area contributed by atoms with Crippen molar-refractivity contribution in [2.24, 2.45) is 0 Å². The van der Waals surface area contributed by atoms with Crippen LogP contribution in [0.3, 0.4) is 0 Å². The summed E-state index contributed by atoms with van der Waals surface area (Å²) in [5.74, 6) is -1.65. The van der Waals surface area contributed by atoms with E-state index in [1.54, 1.807) is 0 Å². The van der Waals surface area contributed by atoms with Crippen molar-refractivity contribution in [2.75, 3.05) is 0 Å². The number of H-pyrrole nitrogens is 2. The van der Waals surface area contributed by atoms with Gasteiger partial charge in [0, 0.05) is 18.0 Å². The van der Waals surface area contributed by atoms with Crippen molar-refractivity contribution < 1.29 is 8.78 Å². The lowest BCUT2D eigenvalue weighted by atomic mass is 10.2. The maximum Gasteiger partial charge on any atom is 0.259 e. The summed E-state index contributed by atoms with van der Waals surface area (Å²) in [6, 6.07) is 3.44. The van der Waals surface area contributed by atoms with Crippen LogP contribution in [-0.4, -0.2) is 25.0 Å². The summed E-state index contributed by atoms with van der Waals surface area (Å²) in [4.78, 5) is 14.8. The second kappa shape index (κ2) is 5.27. The van der Waals surface area contributed by atoms with Crippen LogP contribution < -0.4 is 5.56 Å². The molecular formula is C15H8ClF2N5O. The van der Waals surface area contributed by atoms with Crippen molar-refractivity contribution >= 4 is 22.5 Å². The van der Waals surface area contributed by atoms with Gasteiger partial charge in [0.05, 0.1) is 16.6 Å². The lowest BCUT2D eigenvalue weighted by molar-refractivity contribution is 0.563. The highest BCUT2D eigenvalue weighted by molar-refractivity contribution is 6.35. The Hall–Kier alpha value is -3.00. The predicted octanol–water partition coefficient (Wildman–Crippen LogP) is 3.04. The highest BCUT2D eigenvalue weighted by Crippen LogP contribution is 2.32. The number of fused-ring (bicyclic) bond motifs is 1. The highest BCUT2D eigenvalue weighted by atomic mass is 35.5. The Kier molecular flexibility index (Phi) is 3.20. The Labute approximate surface area is 137 Å². The van der Waals surface area contributed by atoms with E-state index in [4.69, 9.17) is 11.6 Å². The quantitative estimate of drug-likeness (QED) is 0.585. The fraction of sp³-hybridized carbons (Fsp3) is 0. The second-order valence-electron chi connectivity index (χ2n) is 5.01. The number of nitrogens with zero attached hydrogens (tertiary/aromatic N) is 3. The molecule has 0 saturated heterocycles. The smallest absolute Gasteiger partial charge is 0.259 e. The second-order valence-corrected chi connectivity index (χ2v) is 5.41. The van der Waals surface area contributed by atoms with Gasteiger partial charge in [-0.25, -0.2) is 13.5 Å². The van der Waals surface area contributed by atoms with Gasteiger partial charge in [-0.05, 0) is 12.1 Å². The molecule has 0 aliphatic heterocycles. The van der Waals surface area contributed by atoms with Gasteiger partial charge in [-0.3, -0.25) is 9.89 Å². The number of aromatic nitrogens is 5. The molecule has 0 aliphatic rings. The van der Waals surface area contributed by atoms with Crippen molar-refractivity contribution in [3.63, 3.8) is 0 Å². The molecule has 0 atom stereocenters. The topological polar surface area (TPSA) is 79.4 Å². The summed E-state index contributed by atoms with van der Waals surface area (Å²) >= 11 is 6.16. The van der Waals surface area contributed by atoms with Gasteiger partial charge in [0.25, 0.3) is 5.56 Å². The number of hydrogen-bond donors (Lipinski definition) is 2. The SMILES string of the molecule is O=c1[nH]cc(Cl)c2c1c(-c1cn[nH]c1)nn2-c1c(F)cccc1F. The Balaban J connectivity index is 2.19. The van der Waals surface area contributed by atoms with Gasteiger partial charge in [-0.15, -0.1) is 0 Å². The van der Waals surface area contributed by atoms with Gasteiger partial charge in [-0.2, -0.15) is 10.2 Å². The van der Waals surface area contributed by atoms with Gasteiger partial charge in [0.1, 0.15) is 16.9 Å². The fourth-order valence-electron chi connectivity index (χ4n) is 2.56. The number of aromatic amines is 2. The van der Waals surface area contributed by atoms with E-state index >= 15 is 0 Å². The Bertz CT molecular complexity index is 1100. The molecule has 0 fully saturated rings. The minimum atomic E-state index is -0.825. The molecule has 2 N–H and O–H groups in total. The molecule has 9 heteroatoms. The minimum Gasteiger partial charge on any atom is -0.327 e. The van der Waals surface area contributed by atoms with Crippen LogP contribution in [0.4, 0.5) is 8.78 Å². The third-order valence-corrected chi connectivity index (χ3v) is 3.88. The van der Waals surface area contributed by atoms with Crippen molar-refractivity contribution in [1.82, 2.24) is 25.0 Å². The summed E-state index contributed by atoms with van der Waals surface area (Å²) < 4.78 is 29.4. The standard InChI is InChI=1S/C15H8ClF2N5O/c16-8-6-19-15(24)11-12(7-4-20-21-5-7)22-23(13(8)11)14-9(17)2-1-3-10(14)18/h1-6H,(H,19,24)(H,20,21). The van der Waals surface area contributed by atoms with E-state index in [2.05, 4.69) is 20.3 Å². The molecule has 4 rings (SSSR count). The first kappa shape index (κ1) is 14.6. The first-order valence-electron chi connectivity index (χ1n) is 6.81. The fourth-order valence-corrected chi connectivity index (χ4v) is 2.79. The Morgan fingerprint density at radius 1 is 1.17 bits per heavy atom. The monoisotopic (exact) mass is 347 g/mol.